The van der Waals surface area contributed by atoms with Crippen LogP contribution in [-0.2, 0) is 13.5 Å². The van der Waals surface area contributed by atoms with E-state index in [1.807, 2.05) is 12.4 Å². The highest BCUT2D eigenvalue weighted by Crippen LogP contribution is 2.40. The van der Waals surface area contributed by atoms with Crippen LogP contribution in [0.2, 0.25) is 0 Å². The first-order valence-corrected chi connectivity index (χ1v) is 5.81. The zero-order valence-corrected chi connectivity index (χ0v) is 9.74. The number of aromatic nitrogens is 2. The average Bonchev–Trinajstić information content (AvgIpc) is 2.71. The molecular weight excluding hydrogens is 186 g/mol. The van der Waals surface area contributed by atoms with Gasteiger partial charge in [-0.05, 0) is 31.1 Å². The molecule has 3 heteroatoms. The lowest BCUT2D eigenvalue weighted by molar-refractivity contribution is 0.301. The van der Waals surface area contributed by atoms with Gasteiger partial charge in [0.05, 0.1) is 0 Å². The monoisotopic (exact) mass is 207 g/mol. The molecule has 1 fully saturated rings. The third-order valence-electron chi connectivity index (χ3n) is 3.75. The summed E-state index contributed by atoms with van der Waals surface area (Å²) in [6, 6.07) is 0.427. The Kier molecular flexibility index (Phi) is 2.83. The fourth-order valence-electron chi connectivity index (χ4n) is 2.65. The van der Waals surface area contributed by atoms with Crippen molar-refractivity contribution in [2.45, 2.75) is 45.1 Å². The van der Waals surface area contributed by atoms with Gasteiger partial charge in [-0.2, -0.15) is 0 Å². The van der Waals surface area contributed by atoms with Gasteiger partial charge in [-0.25, -0.2) is 4.98 Å². The van der Waals surface area contributed by atoms with E-state index in [0.717, 1.165) is 6.42 Å². The van der Waals surface area contributed by atoms with E-state index in [9.17, 15) is 0 Å². The fraction of sp³-hybridized carbons (Fsp3) is 0.750. The van der Waals surface area contributed by atoms with E-state index in [-0.39, 0.29) is 0 Å². The molecule has 0 radical (unpaired) electrons. The number of rotatable bonds is 3. The van der Waals surface area contributed by atoms with Gasteiger partial charge in [-0.15, -0.1) is 0 Å². The van der Waals surface area contributed by atoms with Crippen molar-refractivity contribution in [2.24, 2.45) is 18.2 Å². The molecule has 1 aliphatic carbocycles. The predicted molar refractivity (Wildman–Crippen MR) is 61.5 cm³/mol. The number of nitrogens with two attached hydrogens (primary N) is 1. The molecular formula is C12H21N3. The van der Waals surface area contributed by atoms with Crippen molar-refractivity contribution in [3.05, 3.63) is 18.2 Å². The molecule has 84 valence electrons. The second-order valence-electron chi connectivity index (χ2n) is 5.27. The molecule has 3 nitrogen and oxygen atoms in total. The molecule has 2 rings (SSSR count). The minimum atomic E-state index is 0.427. The smallest absolute Gasteiger partial charge is 0.108 e. The molecule has 0 amide bonds. The van der Waals surface area contributed by atoms with E-state index < -0.39 is 0 Å². The van der Waals surface area contributed by atoms with Crippen molar-refractivity contribution >= 4 is 0 Å². The van der Waals surface area contributed by atoms with Crippen molar-refractivity contribution in [3.8, 4) is 0 Å². The number of imidazole rings is 1. The molecule has 1 aromatic rings. The molecule has 2 unspecified atom stereocenters. The van der Waals surface area contributed by atoms with Gasteiger partial charge in [0.25, 0.3) is 0 Å². The van der Waals surface area contributed by atoms with E-state index in [1.54, 1.807) is 0 Å². The third kappa shape index (κ3) is 2.40. The average molecular weight is 207 g/mol. The maximum absolute atomic E-state index is 5.97. The largest absolute Gasteiger partial charge is 0.338 e. The third-order valence-corrected chi connectivity index (χ3v) is 3.75. The number of hydrogen-bond donors (Lipinski definition) is 1. The minimum Gasteiger partial charge on any atom is -0.338 e. The van der Waals surface area contributed by atoms with Crippen LogP contribution in [-0.4, -0.2) is 15.6 Å². The Bertz CT molecular complexity index is 331. The Morgan fingerprint density at radius 1 is 1.67 bits per heavy atom. The highest BCUT2D eigenvalue weighted by Gasteiger charge is 2.32. The minimum absolute atomic E-state index is 0.427. The van der Waals surface area contributed by atoms with Gasteiger partial charge in [-0.3, -0.25) is 0 Å². The normalized spacial score (nSPS) is 31.0. The van der Waals surface area contributed by atoms with Crippen LogP contribution in [0.25, 0.3) is 0 Å². The van der Waals surface area contributed by atoms with Crippen LogP contribution in [0.4, 0.5) is 0 Å². The Balaban J connectivity index is 1.91. The summed E-state index contributed by atoms with van der Waals surface area (Å²) in [7, 11) is 2.06. The lowest BCUT2D eigenvalue weighted by Crippen LogP contribution is -2.20. The van der Waals surface area contributed by atoms with Gasteiger partial charge >= 0.3 is 0 Å². The van der Waals surface area contributed by atoms with Crippen molar-refractivity contribution < 1.29 is 0 Å². The van der Waals surface area contributed by atoms with Crippen LogP contribution in [0.15, 0.2) is 12.4 Å². The van der Waals surface area contributed by atoms with Gasteiger partial charge in [-0.1, -0.05) is 6.92 Å². The highest BCUT2D eigenvalue weighted by atomic mass is 15.0. The number of nitrogens with zero attached hydrogens (tertiary/aromatic N) is 2. The summed E-state index contributed by atoms with van der Waals surface area (Å²) in [6.45, 7) is 2.36. The molecule has 0 aliphatic heterocycles. The van der Waals surface area contributed by atoms with Crippen molar-refractivity contribution in [3.63, 3.8) is 0 Å². The van der Waals surface area contributed by atoms with E-state index in [2.05, 4.69) is 23.5 Å². The molecule has 0 saturated heterocycles. The zero-order valence-electron chi connectivity index (χ0n) is 9.74. The predicted octanol–water partition coefficient (Wildman–Crippen LogP) is 1.87. The summed E-state index contributed by atoms with van der Waals surface area (Å²) >= 11 is 0. The van der Waals surface area contributed by atoms with E-state index in [0.29, 0.717) is 11.5 Å². The summed E-state index contributed by atoms with van der Waals surface area (Å²) in [5.41, 5.74) is 6.42. The van der Waals surface area contributed by atoms with Crippen LogP contribution in [0.3, 0.4) is 0 Å². The molecule has 0 aromatic carbocycles. The quantitative estimate of drug-likeness (QED) is 0.822. The van der Waals surface area contributed by atoms with Crippen LogP contribution in [0.5, 0.6) is 0 Å². The second-order valence-corrected chi connectivity index (χ2v) is 5.27. The van der Waals surface area contributed by atoms with Crippen molar-refractivity contribution in [2.75, 3.05) is 0 Å². The molecule has 2 atom stereocenters. The van der Waals surface area contributed by atoms with Gasteiger partial charge in [0, 0.05) is 31.9 Å². The van der Waals surface area contributed by atoms with Crippen molar-refractivity contribution in [1.29, 1.82) is 0 Å². The van der Waals surface area contributed by atoms with Crippen LogP contribution < -0.4 is 5.73 Å². The molecule has 1 aliphatic rings. The van der Waals surface area contributed by atoms with Crippen molar-refractivity contribution in [1.82, 2.24) is 9.55 Å². The summed E-state index contributed by atoms with van der Waals surface area (Å²) in [5, 5.41) is 0. The van der Waals surface area contributed by atoms with E-state index in [1.165, 1.54) is 31.5 Å². The first-order valence-electron chi connectivity index (χ1n) is 5.81. The summed E-state index contributed by atoms with van der Waals surface area (Å²) in [6.07, 6.45) is 9.82. The maximum Gasteiger partial charge on any atom is 0.108 e. The zero-order chi connectivity index (χ0) is 10.9. The van der Waals surface area contributed by atoms with Gasteiger partial charge < -0.3 is 10.3 Å². The molecule has 0 spiro atoms. The Hall–Kier alpha value is -0.830. The van der Waals surface area contributed by atoms with Crippen LogP contribution in [0, 0.1) is 5.41 Å². The lowest BCUT2D eigenvalue weighted by atomic mass is 9.83. The van der Waals surface area contributed by atoms with Gasteiger partial charge in [0.15, 0.2) is 0 Å². The molecule has 1 saturated carbocycles. The standard InChI is InChI=1S/C12H21N3/c1-12(5-3-10(13)9-12)6-4-11-14-7-8-15(11)2/h7-8,10H,3-6,9,13H2,1-2H3. The highest BCUT2D eigenvalue weighted by molar-refractivity contribution is 4.95. The molecule has 2 N–H and O–H groups in total. The van der Waals surface area contributed by atoms with E-state index in [4.69, 9.17) is 5.73 Å². The SMILES string of the molecule is Cn1ccnc1CCC1(C)CCC(N)C1. The maximum atomic E-state index is 5.97. The summed E-state index contributed by atoms with van der Waals surface area (Å²) in [5.74, 6) is 1.19. The molecule has 1 heterocycles. The Morgan fingerprint density at radius 3 is 3.00 bits per heavy atom. The van der Waals surface area contributed by atoms with Gasteiger partial charge in [0.1, 0.15) is 5.82 Å². The number of aryl methyl sites for hydroxylation is 2. The topological polar surface area (TPSA) is 43.8 Å². The summed E-state index contributed by atoms with van der Waals surface area (Å²) in [4.78, 5) is 4.36. The Morgan fingerprint density at radius 2 is 2.47 bits per heavy atom. The number of hydrogen-bond acceptors (Lipinski definition) is 2. The van der Waals surface area contributed by atoms with Gasteiger partial charge in [0.2, 0.25) is 0 Å². The fourth-order valence-corrected chi connectivity index (χ4v) is 2.65. The second kappa shape index (κ2) is 3.97. The lowest BCUT2D eigenvalue weighted by Gasteiger charge is -2.23. The van der Waals surface area contributed by atoms with Crippen LogP contribution >= 0.6 is 0 Å². The first-order chi connectivity index (χ1) is 7.09. The molecule has 15 heavy (non-hydrogen) atoms. The summed E-state index contributed by atoms with van der Waals surface area (Å²) < 4.78 is 2.11. The van der Waals surface area contributed by atoms with E-state index >= 15 is 0 Å². The molecule has 0 bridgehead atoms. The molecule has 1 aromatic heterocycles. The Labute approximate surface area is 91.7 Å². The van der Waals surface area contributed by atoms with Crippen LogP contribution in [0.1, 0.15) is 38.4 Å². The first kappa shape index (κ1) is 10.7.